The van der Waals surface area contributed by atoms with Crippen LogP contribution in [0.25, 0.3) is 0 Å². The third-order valence-corrected chi connectivity index (χ3v) is 4.76. The van der Waals surface area contributed by atoms with Gasteiger partial charge in [0.2, 0.25) is 11.8 Å². The maximum Gasteiger partial charge on any atom is 0.229 e. The Kier molecular flexibility index (Phi) is 4.66. The summed E-state index contributed by atoms with van der Waals surface area (Å²) in [4.78, 5) is 26.4. The number of para-hydroxylation sites is 1. The van der Waals surface area contributed by atoms with Crippen LogP contribution in [-0.2, 0) is 9.59 Å². The van der Waals surface area contributed by atoms with Crippen LogP contribution in [-0.4, -0.2) is 18.4 Å². The van der Waals surface area contributed by atoms with Crippen LogP contribution in [0.2, 0.25) is 0 Å². The molecule has 2 aromatic rings. The predicted octanol–water partition coefficient (Wildman–Crippen LogP) is 3.89. The average Bonchev–Trinajstić information content (AvgIpc) is 2.92. The number of benzene rings is 2. The van der Waals surface area contributed by atoms with Gasteiger partial charge in [0, 0.05) is 23.1 Å². The van der Waals surface area contributed by atoms with Crippen LogP contribution >= 0.6 is 15.9 Å². The summed E-state index contributed by atoms with van der Waals surface area (Å²) >= 11 is 3.43. The highest BCUT2D eigenvalue weighted by atomic mass is 79.9. The summed E-state index contributed by atoms with van der Waals surface area (Å²) in [7, 11) is 0. The number of halogens is 2. The van der Waals surface area contributed by atoms with Gasteiger partial charge < -0.3 is 10.2 Å². The zero-order chi connectivity index (χ0) is 17.3. The third-order valence-electron chi connectivity index (χ3n) is 4.09. The number of hydrogen-bond acceptors (Lipinski definition) is 2. The highest BCUT2D eigenvalue weighted by Gasteiger charge is 2.35. The molecule has 6 heteroatoms. The van der Waals surface area contributed by atoms with Gasteiger partial charge in [0.25, 0.3) is 0 Å². The van der Waals surface area contributed by atoms with Crippen molar-refractivity contribution in [3.05, 3.63) is 58.3 Å². The first-order valence-electron chi connectivity index (χ1n) is 7.57. The Balaban J connectivity index is 1.73. The molecule has 0 bridgehead atoms. The number of aryl methyl sites for hydroxylation is 1. The first-order valence-corrected chi connectivity index (χ1v) is 8.37. The molecule has 1 aliphatic heterocycles. The van der Waals surface area contributed by atoms with E-state index in [0.717, 1.165) is 10.2 Å². The van der Waals surface area contributed by atoms with E-state index >= 15 is 0 Å². The van der Waals surface area contributed by atoms with E-state index in [1.54, 1.807) is 11.8 Å². The van der Waals surface area contributed by atoms with Crippen LogP contribution in [0.5, 0.6) is 0 Å². The Labute approximate surface area is 147 Å². The minimum atomic E-state index is -0.436. The zero-order valence-electron chi connectivity index (χ0n) is 13.1. The molecule has 3 rings (SSSR count). The molecule has 1 saturated heterocycles. The molecule has 0 aromatic heterocycles. The van der Waals surface area contributed by atoms with Crippen molar-refractivity contribution in [2.75, 3.05) is 16.8 Å². The van der Waals surface area contributed by atoms with Crippen LogP contribution in [0.1, 0.15) is 12.0 Å². The van der Waals surface area contributed by atoms with Crippen molar-refractivity contribution in [2.45, 2.75) is 13.3 Å². The first-order chi connectivity index (χ1) is 11.5. The molecule has 0 spiro atoms. The number of nitrogens with zero attached hydrogens (tertiary/aromatic N) is 1. The van der Waals surface area contributed by atoms with Crippen LogP contribution < -0.4 is 10.2 Å². The van der Waals surface area contributed by atoms with E-state index in [1.165, 1.54) is 18.2 Å². The molecule has 0 saturated carbocycles. The molecule has 4 nitrogen and oxygen atoms in total. The van der Waals surface area contributed by atoms with Crippen LogP contribution in [0.3, 0.4) is 0 Å². The zero-order valence-corrected chi connectivity index (χ0v) is 14.6. The lowest BCUT2D eigenvalue weighted by Gasteiger charge is -2.18. The summed E-state index contributed by atoms with van der Waals surface area (Å²) in [6.07, 6.45) is 0.160. The van der Waals surface area contributed by atoms with E-state index in [1.807, 2.05) is 24.3 Å². The lowest BCUT2D eigenvalue weighted by Crippen LogP contribution is -2.28. The maximum atomic E-state index is 13.1. The number of carbonyl (C=O) groups excluding carboxylic acids is 2. The molecule has 1 aliphatic rings. The van der Waals surface area contributed by atoms with Crippen molar-refractivity contribution in [1.82, 2.24) is 0 Å². The van der Waals surface area contributed by atoms with Gasteiger partial charge in [-0.15, -0.1) is 0 Å². The topological polar surface area (TPSA) is 49.4 Å². The molecule has 1 atom stereocenters. The summed E-state index contributed by atoms with van der Waals surface area (Å²) < 4.78 is 14.0. The van der Waals surface area contributed by atoms with Crippen molar-refractivity contribution in [3.63, 3.8) is 0 Å². The fraction of sp³-hybridized carbons (Fsp3) is 0.222. The summed E-state index contributed by atoms with van der Waals surface area (Å²) in [5, 5.41) is 2.79. The van der Waals surface area contributed by atoms with Gasteiger partial charge in [-0.05, 0) is 58.7 Å². The monoisotopic (exact) mass is 390 g/mol. The molecule has 0 aliphatic carbocycles. The fourth-order valence-corrected chi connectivity index (χ4v) is 3.29. The van der Waals surface area contributed by atoms with Crippen molar-refractivity contribution < 1.29 is 14.0 Å². The summed E-state index contributed by atoms with van der Waals surface area (Å²) in [6, 6.07) is 11.6. The van der Waals surface area contributed by atoms with E-state index in [9.17, 15) is 14.0 Å². The Bertz CT molecular complexity index is 809. The van der Waals surface area contributed by atoms with E-state index in [4.69, 9.17) is 0 Å². The predicted molar refractivity (Wildman–Crippen MR) is 94.4 cm³/mol. The summed E-state index contributed by atoms with van der Waals surface area (Å²) in [5.74, 6) is -1.10. The Hall–Kier alpha value is -2.21. The molecular formula is C18H16BrFN2O2. The van der Waals surface area contributed by atoms with Crippen molar-refractivity contribution in [3.8, 4) is 0 Å². The lowest BCUT2D eigenvalue weighted by molar-refractivity contribution is -0.122. The fourth-order valence-electron chi connectivity index (χ4n) is 2.79. The lowest BCUT2D eigenvalue weighted by atomic mass is 10.1. The molecule has 0 radical (unpaired) electrons. The second-order valence-electron chi connectivity index (χ2n) is 5.81. The molecule has 2 amide bonds. The molecule has 2 aromatic carbocycles. The second-order valence-corrected chi connectivity index (χ2v) is 6.66. The van der Waals surface area contributed by atoms with E-state index < -0.39 is 5.92 Å². The number of amides is 2. The van der Waals surface area contributed by atoms with Crippen LogP contribution in [0.4, 0.5) is 15.8 Å². The number of nitrogens with one attached hydrogen (secondary N) is 1. The second kappa shape index (κ2) is 6.73. The van der Waals surface area contributed by atoms with Gasteiger partial charge in [-0.2, -0.15) is 0 Å². The summed E-state index contributed by atoms with van der Waals surface area (Å²) in [6.45, 7) is 2.05. The number of hydrogen-bond donors (Lipinski definition) is 1. The molecule has 0 unspecified atom stereocenters. The molecule has 1 fully saturated rings. The summed E-state index contributed by atoms with van der Waals surface area (Å²) in [5.41, 5.74) is 1.97. The average molecular weight is 391 g/mol. The molecule has 124 valence electrons. The largest absolute Gasteiger partial charge is 0.326 e. The van der Waals surface area contributed by atoms with Crippen LogP contribution in [0, 0.1) is 18.7 Å². The van der Waals surface area contributed by atoms with E-state index in [0.29, 0.717) is 17.8 Å². The first kappa shape index (κ1) is 16.6. The van der Waals surface area contributed by atoms with E-state index in [-0.39, 0.29) is 24.1 Å². The van der Waals surface area contributed by atoms with Crippen molar-refractivity contribution in [2.24, 2.45) is 5.92 Å². The smallest absolute Gasteiger partial charge is 0.229 e. The Morgan fingerprint density at radius 1 is 1.29 bits per heavy atom. The minimum absolute atomic E-state index is 0.0853. The molecular weight excluding hydrogens is 375 g/mol. The quantitative estimate of drug-likeness (QED) is 0.863. The molecule has 1 heterocycles. The standard InChI is InChI=1S/C18H16BrFN2O2/c1-11-8-13(20)6-7-15(11)21-18(24)12-9-17(23)22(10-12)16-5-3-2-4-14(16)19/h2-8,12H,9-10H2,1H3,(H,21,24)/t12-/m0/s1. The van der Waals surface area contributed by atoms with Crippen molar-refractivity contribution in [1.29, 1.82) is 0 Å². The van der Waals surface area contributed by atoms with Gasteiger partial charge >= 0.3 is 0 Å². The molecule has 24 heavy (non-hydrogen) atoms. The Morgan fingerprint density at radius 3 is 2.75 bits per heavy atom. The minimum Gasteiger partial charge on any atom is -0.326 e. The molecule has 1 N–H and O–H groups in total. The van der Waals surface area contributed by atoms with Gasteiger partial charge in [-0.3, -0.25) is 9.59 Å². The Morgan fingerprint density at radius 2 is 2.04 bits per heavy atom. The number of anilines is 2. The van der Waals surface area contributed by atoms with Gasteiger partial charge in [0.15, 0.2) is 0 Å². The number of carbonyl (C=O) groups is 2. The SMILES string of the molecule is Cc1cc(F)ccc1NC(=O)[C@H]1CC(=O)N(c2ccccc2Br)C1. The maximum absolute atomic E-state index is 13.1. The van der Waals surface area contributed by atoms with Crippen LogP contribution in [0.15, 0.2) is 46.9 Å². The van der Waals surface area contributed by atoms with Gasteiger partial charge in [0.05, 0.1) is 11.6 Å². The van der Waals surface area contributed by atoms with Gasteiger partial charge in [0.1, 0.15) is 5.82 Å². The normalized spacial score (nSPS) is 17.2. The van der Waals surface area contributed by atoms with E-state index in [2.05, 4.69) is 21.2 Å². The van der Waals surface area contributed by atoms with Gasteiger partial charge in [-0.1, -0.05) is 12.1 Å². The van der Waals surface area contributed by atoms with Crippen molar-refractivity contribution >= 4 is 39.1 Å². The highest BCUT2D eigenvalue weighted by molar-refractivity contribution is 9.10. The third kappa shape index (κ3) is 3.33. The van der Waals surface area contributed by atoms with Gasteiger partial charge in [-0.25, -0.2) is 4.39 Å². The number of rotatable bonds is 3. The highest BCUT2D eigenvalue weighted by Crippen LogP contribution is 2.31.